The summed E-state index contributed by atoms with van der Waals surface area (Å²) in [5.74, 6) is 0. The third kappa shape index (κ3) is 1.95. The summed E-state index contributed by atoms with van der Waals surface area (Å²) >= 11 is 0. The van der Waals surface area contributed by atoms with Crippen LogP contribution in [0.4, 0.5) is 0 Å². The first-order chi connectivity index (χ1) is 6.85. The lowest BCUT2D eigenvalue weighted by atomic mass is 10.1. The van der Waals surface area contributed by atoms with Gasteiger partial charge in [-0.25, -0.2) is 0 Å². The van der Waals surface area contributed by atoms with Crippen LogP contribution in [0.5, 0.6) is 0 Å². The van der Waals surface area contributed by atoms with Gasteiger partial charge in [-0.2, -0.15) is 0 Å². The van der Waals surface area contributed by atoms with Gasteiger partial charge in [-0.3, -0.25) is 4.90 Å². The van der Waals surface area contributed by atoms with Crippen molar-refractivity contribution < 1.29 is 4.74 Å². The van der Waals surface area contributed by atoms with Crippen LogP contribution in [0, 0.1) is 0 Å². The number of likely N-dealkylation sites (N-methyl/N-ethyl adjacent to an activating group) is 1. The van der Waals surface area contributed by atoms with Crippen molar-refractivity contribution in [2.45, 2.75) is 43.9 Å². The Morgan fingerprint density at radius 2 is 2.14 bits per heavy atom. The smallest absolute Gasteiger partial charge is 0.0710 e. The highest BCUT2D eigenvalue weighted by Gasteiger charge is 2.35. The van der Waals surface area contributed by atoms with Crippen LogP contribution in [0.1, 0.15) is 25.7 Å². The number of rotatable bonds is 3. The molecule has 1 aliphatic heterocycles. The molecule has 1 N–H and O–H groups in total. The number of hydrogen-bond donors (Lipinski definition) is 1. The van der Waals surface area contributed by atoms with Gasteiger partial charge in [0.05, 0.1) is 6.10 Å². The Morgan fingerprint density at radius 3 is 2.79 bits per heavy atom. The highest BCUT2D eigenvalue weighted by Crippen LogP contribution is 2.27. The molecule has 0 aromatic heterocycles. The van der Waals surface area contributed by atoms with E-state index in [1.54, 1.807) is 0 Å². The van der Waals surface area contributed by atoms with E-state index < -0.39 is 0 Å². The van der Waals surface area contributed by atoms with Crippen molar-refractivity contribution in [1.82, 2.24) is 10.2 Å². The quantitative estimate of drug-likeness (QED) is 0.727. The molecule has 0 aromatic carbocycles. The van der Waals surface area contributed by atoms with E-state index in [0.717, 1.165) is 12.6 Å². The van der Waals surface area contributed by atoms with E-state index in [0.29, 0.717) is 12.1 Å². The molecule has 0 aromatic rings. The van der Waals surface area contributed by atoms with Gasteiger partial charge in [-0.15, -0.1) is 0 Å². The zero-order valence-corrected chi connectivity index (χ0v) is 9.33. The van der Waals surface area contributed by atoms with Gasteiger partial charge in [0, 0.05) is 32.3 Å². The van der Waals surface area contributed by atoms with Gasteiger partial charge in [0.15, 0.2) is 0 Å². The monoisotopic (exact) mass is 198 g/mol. The first-order valence-corrected chi connectivity index (χ1v) is 5.79. The van der Waals surface area contributed by atoms with E-state index in [4.69, 9.17) is 4.74 Å². The largest absolute Gasteiger partial charge is 0.380 e. The zero-order valence-electron chi connectivity index (χ0n) is 9.33. The number of methoxy groups -OCH3 is 1. The normalized spacial score (nSPS) is 39.4. The Bertz CT molecular complexity index is 186. The number of nitrogens with one attached hydrogen (secondary N) is 1. The fraction of sp³-hybridized carbons (Fsp3) is 1.00. The van der Waals surface area contributed by atoms with E-state index >= 15 is 0 Å². The molecule has 0 radical (unpaired) electrons. The highest BCUT2D eigenvalue weighted by molar-refractivity contribution is 4.93. The summed E-state index contributed by atoms with van der Waals surface area (Å²) in [6, 6.07) is 1.48. The predicted octanol–water partition coefficient (Wildman–Crippen LogP) is 0.848. The molecular weight excluding hydrogens is 176 g/mol. The van der Waals surface area contributed by atoms with Crippen LogP contribution in [0.2, 0.25) is 0 Å². The molecular formula is C11H22N2O. The Kier molecular flexibility index (Phi) is 3.42. The van der Waals surface area contributed by atoms with Crippen molar-refractivity contribution >= 4 is 0 Å². The minimum atomic E-state index is 0.480. The molecule has 1 unspecified atom stereocenters. The Labute approximate surface area is 86.8 Å². The Morgan fingerprint density at radius 1 is 1.29 bits per heavy atom. The van der Waals surface area contributed by atoms with E-state index in [2.05, 4.69) is 17.3 Å². The molecule has 1 aliphatic carbocycles. The highest BCUT2D eigenvalue weighted by atomic mass is 16.5. The second kappa shape index (κ2) is 4.60. The van der Waals surface area contributed by atoms with Crippen LogP contribution in [0.3, 0.4) is 0 Å². The fourth-order valence-corrected chi connectivity index (χ4v) is 2.96. The third-order valence-corrected chi connectivity index (χ3v) is 3.83. The second-order valence-electron chi connectivity index (χ2n) is 4.53. The maximum absolute atomic E-state index is 5.41. The van der Waals surface area contributed by atoms with Crippen molar-refractivity contribution in [1.29, 1.82) is 0 Å². The molecule has 14 heavy (non-hydrogen) atoms. The summed E-state index contributed by atoms with van der Waals surface area (Å²) < 4.78 is 5.41. The van der Waals surface area contributed by atoms with E-state index in [1.807, 2.05) is 7.11 Å². The lowest BCUT2D eigenvalue weighted by molar-refractivity contribution is 0.0984. The van der Waals surface area contributed by atoms with Gasteiger partial charge >= 0.3 is 0 Å². The number of nitrogens with zero attached hydrogens (tertiary/aromatic N) is 1. The molecule has 0 bridgehead atoms. The standard InChI is InChI=1S/C11H22N2O/c1-12-10-4-3-5-11(10)13-7-6-9(8-13)14-2/h9-12H,3-8H2,1-2H3/t9?,10-,11+/m1/s1. The molecule has 1 saturated carbocycles. The van der Waals surface area contributed by atoms with Gasteiger partial charge in [-0.1, -0.05) is 6.42 Å². The molecule has 3 atom stereocenters. The van der Waals surface area contributed by atoms with Crippen molar-refractivity contribution in [2.75, 3.05) is 27.2 Å². The number of likely N-dealkylation sites (tertiary alicyclic amines) is 1. The summed E-state index contributed by atoms with van der Waals surface area (Å²) in [4.78, 5) is 2.61. The molecule has 2 aliphatic rings. The van der Waals surface area contributed by atoms with Crippen LogP contribution in [-0.2, 0) is 4.74 Å². The SMILES string of the molecule is CN[C@@H]1CCC[C@@H]1N1CCC(OC)C1. The average Bonchev–Trinajstić information content (AvgIpc) is 2.85. The predicted molar refractivity (Wildman–Crippen MR) is 57.5 cm³/mol. The lowest BCUT2D eigenvalue weighted by Crippen LogP contribution is -2.45. The van der Waals surface area contributed by atoms with Crippen LogP contribution < -0.4 is 5.32 Å². The molecule has 2 fully saturated rings. The lowest BCUT2D eigenvalue weighted by Gasteiger charge is -2.29. The Hall–Kier alpha value is -0.120. The number of ether oxygens (including phenoxy) is 1. The molecule has 3 heteroatoms. The van der Waals surface area contributed by atoms with Crippen molar-refractivity contribution in [3.63, 3.8) is 0 Å². The summed E-state index contributed by atoms with van der Waals surface area (Å²) in [6.45, 7) is 2.36. The fourth-order valence-electron chi connectivity index (χ4n) is 2.96. The first kappa shape index (κ1) is 10.4. The summed E-state index contributed by atoms with van der Waals surface area (Å²) in [5, 5.41) is 3.44. The average molecular weight is 198 g/mol. The maximum atomic E-state index is 5.41. The minimum absolute atomic E-state index is 0.480. The van der Waals surface area contributed by atoms with Crippen LogP contribution in [0.25, 0.3) is 0 Å². The van der Waals surface area contributed by atoms with E-state index in [-0.39, 0.29) is 0 Å². The second-order valence-corrected chi connectivity index (χ2v) is 4.53. The van der Waals surface area contributed by atoms with Crippen LogP contribution >= 0.6 is 0 Å². The topological polar surface area (TPSA) is 24.5 Å². The molecule has 2 rings (SSSR count). The van der Waals surface area contributed by atoms with Crippen LogP contribution in [-0.4, -0.2) is 50.3 Å². The maximum Gasteiger partial charge on any atom is 0.0710 e. The van der Waals surface area contributed by atoms with Gasteiger partial charge in [0.25, 0.3) is 0 Å². The molecule has 1 saturated heterocycles. The molecule has 0 spiro atoms. The molecule has 1 heterocycles. The minimum Gasteiger partial charge on any atom is -0.380 e. The van der Waals surface area contributed by atoms with Crippen molar-refractivity contribution in [3.8, 4) is 0 Å². The summed E-state index contributed by atoms with van der Waals surface area (Å²) in [6.07, 6.45) is 5.78. The molecule has 3 nitrogen and oxygen atoms in total. The van der Waals surface area contributed by atoms with E-state index in [9.17, 15) is 0 Å². The van der Waals surface area contributed by atoms with Gasteiger partial charge in [0.1, 0.15) is 0 Å². The van der Waals surface area contributed by atoms with Crippen LogP contribution in [0.15, 0.2) is 0 Å². The first-order valence-electron chi connectivity index (χ1n) is 5.79. The van der Waals surface area contributed by atoms with Gasteiger partial charge in [-0.05, 0) is 26.3 Å². The summed E-state index contributed by atoms with van der Waals surface area (Å²) in [7, 11) is 3.92. The summed E-state index contributed by atoms with van der Waals surface area (Å²) in [5.41, 5.74) is 0. The molecule has 82 valence electrons. The van der Waals surface area contributed by atoms with Gasteiger partial charge in [0.2, 0.25) is 0 Å². The third-order valence-electron chi connectivity index (χ3n) is 3.83. The van der Waals surface area contributed by atoms with Crippen molar-refractivity contribution in [2.24, 2.45) is 0 Å². The molecule has 0 amide bonds. The van der Waals surface area contributed by atoms with Gasteiger partial charge < -0.3 is 10.1 Å². The Balaban J connectivity index is 1.89. The number of hydrogen-bond acceptors (Lipinski definition) is 3. The zero-order chi connectivity index (χ0) is 9.97. The van der Waals surface area contributed by atoms with Crippen molar-refractivity contribution in [3.05, 3.63) is 0 Å². The van der Waals surface area contributed by atoms with E-state index in [1.165, 1.54) is 32.2 Å².